The van der Waals surface area contributed by atoms with Gasteiger partial charge in [-0.05, 0) is 48.9 Å². The van der Waals surface area contributed by atoms with Crippen LogP contribution in [0.1, 0.15) is 15.9 Å². The lowest BCUT2D eigenvalue weighted by Gasteiger charge is -2.14. The van der Waals surface area contributed by atoms with Crippen molar-refractivity contribution >= 4 is 23.0 Å². The van der Waals surface area contributed by atoms with Crippen molar-refractivity contribution in [1.82, 2.24) is 0 Å². The van der Waals surface area contributed by atoms with Crippen molar-refractivity contribution in [1.29, 1.82) is 0 Å². The average Bonchev–Trinajstić information content (AvgIpc) is 2.47. The molecule has 0 radical (unpaired) electrons. The highest BCUT2D eigenvalue weighted by atomic mass is 16.1. The van der Waals surface area contributed by atoms with Gasteiger partial charge in [-0.1, -0.05) is 6.07 Å². The predicted molar refractivity (Wildman–Crippen MR) is 89.4 cm³/mol. The van der Waals surface area contributed by atoms with Crippen molar-refractivity contribution in [2.24, 2.45) is 0 Å². The van der Waals surface area contributed by atoms with Gasteiger partial charge in [0.25, 0.3) is 5.91 Å². The van der Waals surface area contributed by atoms with Gasteiger partial charge in [-0.2, -0.15) is 0 Å². The van der Waals surface area contributed by atoms with Crippen LogP contribution in [0.25, 0.3) is 0 Å². The molecule has 0 saturated carbocycles. The summed E-state index contributed by atoms with van der Waals surface area (Å²) < 4.78 is 0. The molecule has 0 aliphatic rings. The molecule has 110 valence electrons. The zero-order valence-corrected chi connectivity index (χ0v) is 12.9. The van der Waals surface area contributed by atoms with Gasteiger partial charge in [0.15, 0.2) is 0 Å². The van der Waals surface area contributed by atoms with Gasteiger partial charge in [0, 0.05) is 43.8 Å². The van der Waals surface area contributed by atoms with Crippen LogP contribution in [0.4, 0.5) is 17.1 Å². The molecular formula is C17H21N3O. The molecule has 0 bridgehead atoms. The Kier molecular flexibility index (Phi) is 4.48. The summed E-state index contributed by atoms with van der Waals surface area (Å²) in [5.41, 5.74) is 4.58. The number of nitrogens with zero attached hydrogens (tertiary/aromatic N) is 1. The van der Waals surface area contributed by atoms with Crippen LogP contribution in [0.2, 0.25) is 0 Å². The molecule has 2 rings (SSSR count). The molecule has 4 heteroatoms. The minimum absolute atomic E-state index is 0.100. The van der Waals surface area contributed by atoms with Crippen LogP contribution >= 0.6 is 0 Å². The third-order valence-corrected chi connectivity index (χ3v) is 3.38. The lowest BCUT2D eigenvalue weighted by Crippen LogP contribution is -2.13. The largest absolute Gasteiger partial charge is 0.388 e. The number of nitrogens with one attached hydrogen (secondary N) is 2. The summed E-state index contributed by atoms with van der Waals surface area (Å²) in [5, 5.41) is 6.03. The van der Waals surface area contributed by atoms with E-state index < -0.39 is 0 Å². The molecule has 0 aliphatic carbocycles. The Bertz CT molecular complexity index is 650. The first-order valence-electron chi connectivity index (χ1n) is 6.88. The van der Waals surface area contributed by atoms with Crippen LogP contribution in [-0.2, 0) is 0 Å². The van der Waals surface area contributed by atoms with E-state index in [1.807, 2.05) is 75.4 Å². The first-order valence-corrected chi connectivity index (χ1v) is 6.88. The molecule has 0 aromatic heterocycles. The second-order valence-electron chi connectivity index (χ2n) is 5.18. The van der Waals surface area contributed by atoms with Crippen molar-refractivity contribution < 1.29 is 4.79 Å². The number of hydrogen-bond acceptors (Lipinski definition) is 3. The zero-order chi connectivity index (χ0) is 15.4. The standard InChI is InChI=1S/C17H21N3O/c1-12-10-13(8-9-16(12)18-2)17(21)19-14-6-5-7-15(11-14)20(3)4/h5-11,18H,1-4H3,(H,19,21). The fourth-order valence-corrected chi connectivity index (χ4v) is 2.15. The van der Waals surface area contributed by atoms with E-state index in [1.54, 1.807) is 0 Å². The van der Waals surface area contributed by atoms with Crippen LogP contribution in [0, 0.1) is 6.92 Å². The zero-order valence-electron chi connectivity index (χ0n) is 12.9. The van der Waals surface area contributed by atoms with E-state index in [-0.39, 0.29) is 5.91 Å². The average molecular weight is 283 g/mol. The summed E-state index contributed by atoms with van der Waals surface area (Å²) >= 11 is 0. The molecule has 2 aromatic rings. The molecule has 0 fully saturated rings. The molecule has 2 N–H and O–H groups in total. The molecule has 4 nitrogen and oxygen atoms in total. The minimum atomic E-state index is -0.100. The maximum atomic E-state index is 12.3. The molecule has 0 atom stereocenters. The van der Waals surface area contributed by atoms with E-state index in [0.29, 0.717) is 5.56 Å². The Morgan fingerprint density at radius 3 is 2.48 bits per heavy atom. The quantitative estimate of drug-likeness (QED) is 0.904. The third kappa shape index (κ3) is 3.54. The molecule has 0 heterocycles. The number of amides is 1. The van der Waals surface area contributed by atoms with Crippen molar-refractivity contribution in [3.05, 3.63) is 53.6 Å². The molecule has 0 spiro atoms. The summed E-state index contributed by atoms with van der Waals surface area (Å²) in [6.45, 7) is 1.98. The fraction of sp³-hybridized carbons (Fsp3) is 0.235. The summed E-state index contributed by atoms with van der Waals surface area (Å²) in [6.07, 6.45) is 0. The number of anilines is 3. The molecule has 0 saturated heterocycles. The predicted octanol–water partition coefficient (Wildman–Crippen LogP) is 3.36. The van der Waals surface area contributed by atoms with Crippen molar-refractivity contribution in [2.45, 2.75) is 6.92 Å². The molecule has 0 unspecified atom stereocenters. The number of hydrogen-bond donors (Lipinski definition) is 2. The Morgan fingerprint density at radius 1 is 1.10 bits per heavy atom. The van der Waals surface area contributed by atoms with Gasteiger partial charge in [0.05, 0.1) is 0 Å². The Hall–Kier alpha value is -2.49. The first-order chi connectivity index (χ1) is 10.0. The van der Waals surface area contributed by atoms with Crippen LogP contribution < -0.4 is 15.5 Å². The summed E-state index contributed by atoms with van der Waals surface area (Å²) in [6, 6.07) is 13.4. The van der Waals surface area contributed by atoms with E-state index in [0.717, 1.165) is 22.6 Å². The molecule has 2 aromatic carbocycles. The number of rotatable bonds is 4. The topological polar surface area (TPSA) is 44.4 Å². The second-order valence-corrected chi connectivity index (χ2v) is 5.18. The van der Waals surface area contributed by atoms with Gasteiger partial charge in [0.2, 0.25) is 0 Å². The minimum Gasteiger partial charge on any atom is -0.388 e. The first kappa shape index (κ1) is 14.9. The lowest BCUT2D eigenvalue weighted by molar-refractivity contribution is 0.102. The van der Waals surface area contributed by atoms with Crippen molar-refractivity contribution in [3.63, 3.8) is 0 Å². The summed E-state index contributed by atoms with van der Waals surface area (Å²) in [5.74, 6) is -0.100. The highest BCUT2D eigenvalue weighted by molar-refractivity contribution is 6.04. The van der Waals surface area contributed by atoms with Gasteiger partial charge in [-0.3, -0.25) is 4.79 Å². The maximum Gasteiger partial charge on any atom is 0.255 e. The normalized spacial score (nSPS) is 10.1. The Balaban J connectivity index is 2.18. The molecular weight excluding hydrogens is 262 g/mol. The SMILES string of the molecule is CNc1ccc(C(=O)Nc2cccc(N(C)C)c2)cc1C. The molecule has 1 amide bonds. The van der Waals surface area contributed by atoms with E-state index >= 15 is 0 Å². The van der Waals surface area contributed by atoms with Crippen molar-refractivity contribution in [2.75, 3.05) is 36.7 Å². The fourth-order valence-electron chi connectivity index (χ4n) is 2.15. The molecule has 0 aliphatic heterocycles. The summed E-state index contributed by atoms with van der Waals surface area (Å²) in [4.78, 5) is 14.3. The highest BCUT2D eigenvalue weighted by Crippen LogP contribution is 2.20. The van der Waals surface area contributed by atoms with Crippen LogP contribution in [0.3, 0.4) is 0 Å². The molecule has 21 heavy (non-hydrogen) atoms. The van der Waals surface area contributed by atoms with E-state index in [4.69, 9.17) is 0 Å². The van der Waals surface area contributed by atoms with E-state index in [1.165, 1.54) is 0 Å². The highest BCUT2D eigenvalue weighted by Gasteiger charge is 2.08. The number of carbonyl (C=O) groups is 1. The van der Waals surface area contributed by atoms with E-state index in [2.05, 4.69) is 10.6 Å². The van der Waals surface area contributed by atoms with Gasteiger partial charge < -0.3 is 15.5 Å². The third-order valence-electron chi connectivity index (χ3n) is 3.38. The summed E-state index contributed by atoms with van der Waals surface area (Å²) in [7, 11) is 5.82. The van der Waals surface area contributed by atoms with Gasteiger partial charge >= 0.3 is 0 Å². The number of benzene rings is 2. The van der Waals surface area contributed by atoms with Crippen LogP contribution in [0.5, 0.6) is 0 Å². The Labute approximate surface area is 125 Å². The van der Waals surface area contributed by atoms with Gasteiger partial charge in [-0.15, -0.1) is 0 Å². The Morgan fingerprint density at radius 2 is 1.86 bits per heavy atom. The van der Waals surface area contributed by atoms with Crippen molar-refractivity contribution in [3.8, 4) is 0 Å². The van der Waals surface area contributed by atoms with Crippen LogP contribution in [-0.4, -0.2) is 27.1 Å². The lowest BCUT2D eigenvalue weighted by atomic mass is 10.1. The van der Waals surface area contributed by atoms with E-state index in [9.17, 15) is 4.79 Å². The second kappa shape index (κ2) is 6.31. The smallest absolute Gasteiger partial charge is 0.255 e. The monoisotopic (exact) mass is 283 g/mol. The number of carbonyl (C=O) groups excluding carboxylic acids is 1. The van der Waals surface area contributed by atoms with Gasteiger partial charge in [-0.25, -0.2) is 0 Å². The van der Waals surface area contributed by atoms with Gasteiger partial charge in [0.1, 0.15) is 0 Å². The maximum absolute atomic E-state index is 12.3. The van der Waals surface area contributed by atoms with Crippen LogP contribution in [0.15, 0.2) is 42.5 Å². The number of aryl methyl sites for hydroxylation is 1.